The lowest BCUT2D eigenvalue weighted by atomic mass is 10.1. The van der Waals surface area contributed by atoms with Gasteiger partial charge in [-0.2, -0.15) is 0 Å². The summed E-state index contributed by atoms with van der Waals surface area (Å²) in [6.45, 7) is 1.30. The van der Waals surface area contributed by atoms with E-state index in [1.54, 1.807) is 7.11 Å². The Morgan fingerprint density at radius 2 is 2.19 bits per heavy atom. The van der Waals surface area contributed by atoms with Gasteiger partial charge in [-0.05, 0) is 39.7 Å². The number of rotatable bonds is 4. The predicted octanol–water partition coefficient (Wildman–Crippen LogP) is 3.39. The van der Waals surface area contributed by atoms with Gasteiger partial charge in [0.05, 0.1) is 17.6 Å². The molecule has 0 amide bonds. The zero-order valence-corrected chi connectivity index (χ0v) is 13.2. The van der Waals surface area contributed by atoms with Crippen molar-refractivity contribution in [3.05, 3.63) is 52.0 Å². The molecule has 2 aromatic carbocycles. The van der Waals surface area contributed by atoms with E-state index in [-0.39, 0.29) is 11.8 Å². The highest BCUT2D eigenvalue weighted by molar-refractivity contribution is 9.10. The number of fused-ring (bicyclic) bond motifs is 1. The Hall–Kier alpha value is -1.72. The molecule has 0 radical (unpaired) electrons. The number of ether oxygens (including phenoxy) is 2. The van der Waals surface area contributed by atoms with Crippen LogP contribution >= 0.6 is 15.9 Å². The van der Waals surface area contributed by atoms with E-state index in [9.17, 15) is 5.11 Å². The first kappa shape index (κ1) is 14.2. The van der Waals surface area contributed by atoms with Gasteiger partial charge in [-0.1, -0.05) is 18.2 Å². The van der Waals surface area contributed by atoms with Crippen LogP contribution in [0, 0.1) is 0 Å². The van der Waals surface area contributed by atoms with Crippen molar-refractivity contribution in [3.63, 3.8) is 0 Å². The van der Waals surface area contributed by atoms with Gasteiger partial charge in [0, 0.05) is 12.1 Å². The van der Waals surface area contributed by atoms with E-state index < -0.39 is 0 Å². The van der Waals surface area contributed by atoms with E-state index in [4.69, 9.17) is 9.47 Å². The molecule has 0 spiro atoms. The fourth-order valence-corrected chi connectivity index (χ4v) is 2.95. The van der Waals surface area contributed by atoms with Gasteiger partial charge in [-0.15, -0.1) is 0 Å². The maximum Gasteiger partial charge on any atom is 0.172 e. The molecule has 1 atom stereocenters. The topological polar surface area (TPSA) is 50.7 Å². The molecule has 0 aromatic heterocycles. The molecule has 110 valence electrons. The van der Waals surface area contributed by atoms with Gasteiger partial charge in [0.2, 0.25) is 0 Å². The number of benzene rings is 2. The molecule has 4 nitrogen and oxygen atoms in total. The number of phenols is 1. The smallest absolute Gasteiger partial charge is 0.172 e. The molecule has 3 rings (SSSR count). The van der Waals surface area contributed by atoms with Crippen molar-refractivity contribution < 1.29 is 14.6 Å². The molecule has 1 aliphatic heterocycles. The van der Waals surface area contributed by atoms with Crippen molar-refractivity contribution in [3.8, 4) is 17.2 Å². The number of halogens is 1. The average molecular weight is 350 g/mol. The molecule has 5 heteroatoms. The minimum absolute atomic E-state index is 0.121. The Labute approximate surface area is 131 Å². The summed E-state index contributed by atoms with van der Waals surface area (Å²) >= 11 is 3.33. The molecule has 0 saturated heterocycles. The number of aromatic hydroxyl groups is 1. The summed E-state index contributed by atoms with van der Waals surface area (Å²) < 4.78 is 11.4. The highest BCUT2D eigenvalue weighted by atomic mass is 79.9. The van der Waals surface area contributed by atoms with Crippen molar-refractivity contribution in [1.82, 2.24) is 5.32 Å². The van der Waals surface area contributed by atoms with Gasteiger partial charge < -0.3 is 19.9 Å². The fourth-order valence-electron chi connectivity index (χ4n) is 2.46. The van der Waals surface area contributed by atoms with Crippen LogP contribution in [0.5, 0.6) is 17.2 Å². The SMILES string of the molecule is COc1cc(CNC2COc3ccccc32)cc(Br)c1O. The van der Waals surface area contributed by atoms with E-state index in [2.05, 4.69) is 27.3 Å². The zero-order chi connectivity index (χ0) is 14.8. The third-order valence-corrected chi connectivity index (χ3v) is 4.17. The van der Waals surface area contributed by atoms with Gasteiger partial charge >= 0.3 is 0 Å². The van der Waals surface area contributed by atoms with Crippen LogP contribution in [0.2, 0.25) is 0 Å². The summed E-state index contributed by atoms with van der Waals surface area (Å²) in [7, 11) is 1.54. The third kappa shape index (κ3) is 2.84. The number of methoxy groups -OCH3 is 1. The van der Waals surface area contributed by atoms with Crippen LogP contribution in [-0.4, -0.2) is 18.8 Å². The van der Waals surface area contributed by atoms with Crippen molar-refractivity contribution >= 4 is 15.9 Å². The molecule has 2 aromatic rings. The van der Waals surface area contributed by atoms with Crippen LogP contribution in [0.4, 0.5) is 0 Å². The van der Waals surface area contributed by atoms with E-state index in [1.807, 2.05) is 30.3 Å². The van der Waals surface area contributed by atoms with Crippen molar-refractivity contribution in [1.29, 1.82) is 0 Å². The third-order valence-electron chi connectivity index (χ3n) is 3.56. The maximum atomic E-state index is 9.82. The Balaban J connectivity index is 1.73. The summed E-state index contributed by atoms with van der Waals surface area (Å²) in [5.74, 6) is 1.53. The molecular weight excluding hydrogens is 334 g/mol. The number of hydrogen-bond acceptors (Lipinski definition) is 4. The van der Waals surface area contributed by atoms with Crippen molar-refractivity contribution in [2.24, 2.45) is 0 Å². The van der Waals surface area contributed by atoms with Crippen LogP contribution < -0.4 is 14.8 Å². The standard InChI is InChI=1S/C16H16BrNO3/c1-20-15-7-10(6-12(17)16(15)19)8-18-13-9-21-14-5-3-2-4-11(13)14/h2-7,13,18-19H,8-9H2,1H3. The lowest BCUT2D eigenvalue weighted by Crippen LogP contribution is -2.22. The zero-order valence-electron chi connectivity index (χ0n) is 11.6. The van der Waals surface area contributed by atoms with Crippen molar-refractivity contribution in [2.45, 2.75) is 12.6 Å². The van der Waals surface area contributed by atoms with Crippen LogP contribution in [0.3, 0.4) is 0 Å². The Morgan fingerprint density at radius 1 is 1.38 bits per heavy atom. The van der Waals surface area contributed by atoms with E-state index >= 15 is 0 Å². The highest BCUT2D eigenvalue weighted by Gasteiger charge is 2.23. The van der Waals surface area contributed by atoms with Gasteiger partial charge in [-0.25, -0.2) is 0 Å². The quantitative estimate of drug-likeness (QED) is 0.888. The summed E-state index contributed by atoms with van der Waals surface area (Å²) in [6, 6.07) is 11.9. The molecule has 1 unspecified atom stereocenters. The van der Waals surface area contributed by atoms with Crippen LogP contribution in [-0.2, 0) is 6.54 Å². The summed E-state index contributed by atoms with van der Waals surface area (Å²) in [5.41, 5.74) is 2.21. The molecule has 0 bridgehead atoms. The monoisotopic (exact) mass is 349 g/mol. The fraction of sp³-hybridized carbons (Fsp3) is 0.250. The average Bonchev–Trinajstić information content (AvgIpc) is 2.91. The lowest BCUT2D eigenvalue weighted by molar-refractivity contribution is 0.310. The second-order valence-corrected chi connectivity index (χ2v) is 5.77. The Morgan fingerprint density at radius 3 is 3.00 bits per heavy atom. The minimum atomic E-state index is 0.121. The first-order chi connectivity index (χ1) is 10.2. The molecule has 0 aliphatic carbocycles. The van der Waals surface area contributed by atoms with E-state index in [1.165, 1.54) is 5.56 Å². The number of hydrogen-bond donors (Lipinski definition) is 2. The number of phenolic OH excluding ortho intramolecular Hbond substituents is 1. The van der Waals surface area contributed by atoms with Gasteiger partial charge in [0.1, 0.15) is 12.4 Å². The molecule has 0 saturated carbocycles. The molecule has 21 heavy (non-hydrogen) atoms. The second kappa shape index (κ2) is 5.95. The number of nitrogens with one attached hydrogen (secondary N) is 1. The normalized spacial score (nSPS) is 16.4. The maximum absolute atomic E-state index is 9.82. The Kier molecular flexibility index (Phi) is 4.03. The van der Waals surface area contributed by atoms with E-state index in [0.29, 0.717) is 23.4 Å². The van der Waals surface area contributed by atoms with Crippen LogP contribution in [0.15, 0.2) is 40.9 Å². The first-order valence-corrected chi connectivity index (χ1v) is 7.49. The highest BCUT2D eigenvalue weighted by Crippen LogP contribution is 2.36. The molecule has 1 heterocycles. The minimum Gasteiger partial charge on any atom is -0.503 e. The summed E-state index contributed by atoms with van der Waals surface area (Å²) in [5, 5.41) is 13.3. The van der Waals surface area contributed by atoms with Crippen LogP contribution in [0.25, 0.3) is 0 Å². The molecule has 1 aliphatic rings. The lowest BCUT2D eigenvalue weighted by Gasteiger charge is -2.13. The first-order valence-electron chi connectivity index (χ1n) is 6.69. The van der Waals surface area contributed by atoms with Crippen molar-refractivity contribution in [2.75, 3.05) is 13.7 Å². The van der Waals surface area contributed by atoms with Gasteiger partial charge in [0.25, 0.3) is 0 Å². The predicted molar refractivity (Wildman–Crippen MR) is 83.9 cm³/mol. The Bertz CT molecular complexity index is 660. The molecule has 2 N–H and O–H groups in total. The van der Waals surface area contributed by atoms with Gasteiger partial charge in [-0.3, -0.25) is 0 Å². The summed E-state index contributed by atoms with van der Waals surface area (Å²) in [4.78, 5) is 0. The number of para-hydroxylation sites is 1. The van der Waals surface area contributed by atoms with Crippen LogP contribution in [0.1, 0.15) is 17.2 Å². The summed E-state index contributed by atoms with van der Waals surface area (Å²) in [6.07, 6.45) is 0. The van der Waals surface area contributed by atoms with Gasteiger partial charge in [0.15, 0.2) is 11.5 Å². The molecule has 0 fully saturated rings. The largest absolute Gasteiger partial charge is 0.503 e. The van der Waals surface area contributed by atoms with E-state index in [0.717, 1.165) is 11.3 Å². The second-order valence-electron chi connectivity index (χ2n) is 4.91. The molecular formula is C16H16BrNO3.